The van der Waals surface area contributed by atoms with E-state index >= 15 is 0 Å². The van der Waals surface area contributed by atoms with Crippen LogP contribution in [0.25, 0.3) is 0 Å². The quantitative estimate of drug-likeness (QED) is 0.646. The maximum Gasteiger partial charge on any atom is 0.259 e. The molecule has 0 aliphatic carbocycles. The number of nitrogens with one attached hydrogen (secondary N) is 1. The molecular formula is C23H27N3O5S. The molecule has 170 valence electrons. The van der Waals surface area contributed by atoms with Gasteiger partial charge in [0.15, 0.2) is 6.61 Å². The van der Waals surface area contributed by atoms with E-state index in [0.717, 1.165) is 19.3 Å². The number of hydrogen-bond acceptors (Lipinski definition) is 6. The number of nitrogens with zero attached hydrogens (tertiary/aromatic N) is 2. The number of amides is 1. The maximum absolute atomic E-state index is 13.1. The number of ether oxygens (including phenoxy) is 2. The van der Waals surface area contributed by atoms with Crippen molar-refractivity contribution in [3.63, 3.8) is 0 Å². The van der Waals surface area contributed by atoms with Crippen LogP contribution in [-0.2, 0) is 10.0 Å². The van der Waals surface area contributed by atoms with Crippen molar-refractivity contribution >= 4 is 21.6 Å². The number of piperidine rings is 1. The highest BCUT2D eigenvalue weighted by molar-refractivity contribution is 7.89. The molecule has 0 saturated carbocycles. The van der Waals surface area contributed by atoms with E-state index in [4.69, 9.17) is 14.7 Å². The third kappa shape index (κ3) is 5.78. The molecule has 1 aliphatic heterocycles. The first-order valence-electron chi connectivity index (χ1n) is 10.5. The molecule has 0 radical (unpaired) electrons. The fourth-order valence-corrected chi connectivity index (χ4v) is 4.97. The van der Waals surface area contributed by atoms with Crippen LogP contribution in [0.15, 0.2) is 47.4 Å². The van der Waals surface area contributed by atoms with Crippen molar-refractivity contribution in [1.82, 2.24) is 4.31 Å². The van der Waals surface area contributed by atoms with Crippen molar-refractivity contribution in [3.8, 4) is 17.6 Å². The molecule has 0 aromatic heterocycles. The first-order valence-corrected chi connectivity index (χ1v) is 12.0. The molecule has 1 aliphatic rings. The third-order valence-electron chi connectivity index (χ3n) is 4.92. The molecule has 0 atom stereocenters. The molecule has 3 rings (SSSR count). The summed E-state index contributed by atoms with van der Waals surface area (Å²) in [7, 11) is -3.73. The summed E-state index contributed by atoms with van der Waals surface area (Å²) < 4.78 is 38.5. The summed E-state index contributed by atoms with van der Waals surface area (Å²) in [6, 6.07) is 12.9. The average Bonchev–Trinajstić information content (AvgIpc) is 2.79. The average molecular weight is 458 g/mol. The van der Waals surface area contributed by atoms with Crippen LogP contribution in [0.2, 0.25) is 0 Å². The third-order valence-corrected chi connectivity index (χ3v) is 6.82. The minimum atomic E-state index is -3.73. The molecule has 1 saturated heterocycles. The number of carbonyl (C=O) groups is 1. The van der Waals surface area contributed by atoms with Crippen LogP contribution < -0.4 is 14.8 Å². The summed E-state index contributed by atoms with van der Waals surface area (Å²) in [6.07, 6.45) is 2.65. The number of carbonyl (C=O) groups excluding carboxylic acids is 1. The molecule has 2 aromatic carbocycles. The topological polar surface area (TPSA) is 109 Å². The number of benzene rings is 2. The number of sulfonamides is 1. The van der Waals surface area contributed by atoms with Crippen molar-refractivity contribution in [1.29, 1.82) is 5.26 Å². The van der Waals surface area contributed by atoms with Gasteiger partial charge in [-0.1, -0.05) is 6.42 Å². The fourth-order valence-electron chi connectivity index (χ4n) is 3.42. The van der Waals surface area contributed by atoms with Crippen LogP contribution in [-0.4, -0.2) is 44.4 Å². The molecule has 2 aromatic rings. The number of hydrogen-bond donors (Lipinski definition) is 1. The van der Waals surface area contributed by atoms with Crippen LogP contribution in [0.5, 0.6) is 11.5 Å². The number of nitriles is 1. The van der Waals surface area contributed by atoms with Gasteiger partial charge in [-0.2, -0.15) is 9.57 Å². The van der Waals surface area contributed by atoms with Gasteiger partial charge in [0.2, 0.25) is 10.0 Å². The van der Waals surface area contributed by atoms with E-state index in [2.05, 4.69) is 5.32 Å². The van der Waals surface area contributed by atoms with E-state index in [-0.39, 0.29) is 28.9 Å². The van der Waals surface area contributed by atoms with Gasteiger partial charge in [-0.3, -0.25) is 4.79 Å². The monoisotopic (exact) mass is 457 g/mol. The maximum atomic E-state index is 13.1. The Balaban J connectivity index is 1.87. The molecule has 1 amide bonds. The van der Waals surface area contributed by atoms with E-state index in [1.54, 1.807) is 24.3 Å². The van der Waals surface area contributed by atoms with E-state index in [0.29, 0.717) is 24.5 Å². The van der Waals surface area contributed by atoms with Gasteiger partial charge in [-0.05, 0) is 69.2 Å². The predicted octanol–water partition coefficient (Wildman–Crippen LogP) is 3.80. The second-order valence-electron chi connectivity index (χ2n) is 7.71. The zero-order chi connectivity index (χ0) is 23.1. The van der Waals surface area contributed by atoms with E-state index in [1.165, 1.54) is 22.5 Å². The molecule has 32 heavy (non-hydrogen) atoms. The van der Waals surface area contributed by atoms with E-state index < -0.39 is 15.9 Å². The van der Waals surface area contributed by atoms with Crippen molar-refractivity contribution in [2.24, 2.45) is 0 Å². The highest BCUT2D eigenvalue weighted by Crippen LogP contribution is 2.27. The van der Waals surface area contributed by atoms with Crippen molar-refractivity contribution in [3.05, 3.63) is 48.0 Å². The Morgan fingerprint density at radius 3 is 2.44 bits per heavy atom. The van der Waals surface area contributed by atoms with Crippen LogP contribution in [0, 0.1) is 11.3 Å². The summed E-state index contributed by atoms with van der Waals surface area (Å²) in [6.45, 7) is 4.50. The molecular weight excluding hydrogens is 430 g/mol. The zero-order valence-corrected chi connectivity index (χ0v) is 19.0. The smallest absolute Gasteiger partial charge is 0.259 e. The summed E-state index contributed by atoms with van der Waals surface area (Å²) in [5, 5.41) is 11.6. The molecule has 1 N–H and O–H groups in total. The second kappa shape index (κ2) is 10.5. The van der Waals surface area contributed by atoms with Gasteiger partial charge in [0.1, 0.15) is 17.6 Å². The Bertz CT molecular complexity index is 1090. The number of anilines is 1. The summed E-state index contributed by atoms with van der Waals surface area (Å²) >= 11 is 0. The Labute approximate surface area is 188 Å². The standard InChI is InChI=1S/C23H27N3O5S/c1-17(2)31-19-8-6-18(7-9-19)25-23(27)21-16-20(10-11-22(21)30-15-12-24)32(28,29)26-13-4-3-5-14-26/h6-11,16-17H,3-5,13-15H2,1-2H3,(H,25,27). The highest BCUT2D eigenvalue weighted by atomic mass is 32.2. The summed E-state index contributed by atoms with van der Waals surface area (Å²) in [5.74, 6) is 0.276. The van der Waals surface area contributed by atoms with Gasteiger partial charge < -0.3 is 14.8 Å². The number of rotatable bonds is 8. The van der Waals surface area contributed by atoms with Gasteiger partial charge in [-0.25, -0.2) is 8.42 Å². The first-order chi connectivity index (χ1) is 15.3. The van der Waals surface area contributed by atoms with Crippen molar-refractivity contribution in [2.45, 2.75) is 44.1 Å². The molecule has 0 spiro atoms. The lowest BCUT2D eigenvalue weighted by Crippen LogP contribution is -2.35. The van der Waals surface area contributed by atoms with Gasteiger partial charge in [0.05, 0.1) is 16.6 Å². The Morgan fingerprint density at radius 1 is 1.12 bits per heavy atom. The molecule has 0 bridgehead atoms. The minimum absolute atomic E-state index is 0.0227. The normalized spacial score (nSPS) is 14.6. The second-order valence-corrected chi connectivity index (χ2v) is 9.65. The predicted molar refractivity (Wildman–Crippen MR) is 120 cm³/mol. The van der Waals surface area contributed by atoms with Crippen molar-refractivity contribution in [2.75, 3.05) is 25.0 Å². The lowest BCUT2D eigenvalue weighted by atomic mass is 10.1. The molecule has 1 fully saturated rings. The highest BCUT2D eigenvalue weighted by Gasteiger charge is 2.27. The van der Waals surface area contributed by atoms with E-state index in [1.807, 2.05) is 19.9 Å². The van der Waals surface area contributed by atoms with Gasteiger partial charge in [-0.15, -0.1) is 0 Å². The Hall–Kier alpha value is -3.09. The first kappa shape index (κ1) is 23.6. The lowest BCUT2D eigenvalue weighted by Gasteiger charge is -2.26. The van der Waals surface area contributed by atoms with Crippen molar-refractivity contribution < 1.29 is 22.7 Å². The molecule has 9 heteroatoms. The Morgan fingerprint density at radius 2 is 1.81 bits per heavy atom. The van der Waals surface area contributed by atoms with E-state index in [9.17, 15) is 13.2 Å². The SMILES string of the molecule is CC(C)Oc1ccc(NC(=O)c2cc(S(=O)(=O)N3CCCCC3)ccc2OCC#N)cc1. The van der Waals surface area contributed by atoms with Gasteiger partial charge in [0.25, 0.3) is 5.91 Å². The van der Waals surface area contributed by atoms with Crippen LogP contribution >= 0.6 is 0 Å². The zero-order valence-electron chi connectivity index (χ0n) is 18.2. The fraction of sp³-hybridized carbons (Fsp3) is 0.391. The summed E-state index contributed by atoms with van der Waals surface area (Å²) in [4.78, 5) is 13.0. The van der Waals surface area contributed by atoms with Gasteiger partial charge in [0, 0.05) is 18.8 Å². The molecule has 8 nitrogen and oxygen atoms in total. The van der Waals surface area contributed by atoms with Crippen LogP contribution in [0.1, 0.15) is 43.5 Å². The Kier molecular flexibility index (Phi) is 7.72. The lowest BCUT2D eigenvalue weighted by molar-refractivity contribution is 0.102. The van der Waals surface area contributed by atoms with Gasteiger partial charge >= 0.3 is 0 Å². The molecule has 0 unspecified atom stereocenters. The largest absolute Gasteiger partial charge is 0.491 e. The minimum Gasteiger partial charge on any atom is -0.491 e. The summed E-state index contributed by atoms with van der Waals surface area (Å²) in [5.41, 5.74) is 0.558. The van der Waals surface area contributed by atoms with Crippen LogP contribution in [0.4, 0.5) is 5.69 Å². The molecule has 1 heterocycles. The van der Waals surface area contributed by atoms with Crippen LogP contribution in [0.3, 0.4) is 0 Å².